The molecule has 0 bridgehead atoms. The third-order valence-corrected chi connectivity index (χ3v) is 41.9. The molecular weight excluding hydrogens is 1830 g/mol. The van der Waals surface area contributed by atoms with Crippen molar-refractivity contribution in [3.8, 4) is 30.3 Å². The molecule has 2 aromatic carbocycles. The van der Waals surface area contributed by atoms with E-state index in [0.29, 0.717) is 67.5 Å². The molecule has 0 aliphatic rings. The average Bonchev–Trinajstić information content (AvgIpc) is 0.791. The number of unbranched alkanes of at least 4 members (excludes halogenated alkanes) is 14. The maximum Gasteiger partial charge on any atom is 0.492 e. The van der Waals surface area contributed by atoms with Crippen LogP contribution in [0.3, 0.4) is 0 Å². The van der Waals surface area contributed by atoms with E-state index in [2.05, 4.69) is 84.4 Å². The number of halogens is 2. The van der Waals surface area contributed by atoms with Crippen molar-refractivity contribution in [1.82, 2.24) is 0 Å². The lowest BCUT2D eigenvalue weighted by Crippen LogP contribution is -2.49. The highest BCUT2D eigenvalue weighted by Crippen LogP contribution is 2.48. The predicted molar refractivity (Wildman–Crippen MR) is 506 cm³/mol. The summed E-state index contributed by atoms with van der Waals surface area (Å²) in [6, 6.07) is 34.1. The van der Waals surface area contributed by atoms with E-state index in [1.54, 1.807) is 44.7 Å². The Morgan fingerprint density at radius 1 is 0.364 bits per heavy atom. The molecule has 32 nitrogen and oxygen atoms in total. The minimum atomic E-state index is -4.23. The van der Waals surface area contributed by atoms with Crippen LogP contribution in [0, 0.1) is 56.7 Å². The molecule has 1 atom stereocenters. The second-order valence-electron chi connectivity index (χ2n) is 32.3. The molecule has 1 unspecified atom stereocenters. The highest BCUT2D eigenvalue weighted by atomic mass is 35.7. The number of phosphoric acid groups is 1. The summed E-state index contributed by atoms with van der Waals surface area (Å²) in [6.45, 7) is 34.0. The lowest BCUT2D eigenvalue weighted by Gasteiger charge is -2.44. The molecule has 47 heteroatoms. The Hall–Kier alpha value is -1.74. The van der Waals surface area contributed by atoms with Gasteiger partial charge in [-0.05, 0) is 153 Å². The van der Waals surface area contributed by atoms with Gasteiger partial charge in [-0.1, -0.05) is 214 Å². The van der Waals surface area contributed by atoms with E-state index in [0.717, 1.165) is 88.2 Å². The van der Waals surface area contributed by atoms with Gasteiger partial charge in [0.1, 0.15) is 0 Å². The number of hydrogen-bond donors (Lipinski definition) is 23. The summed E-state index contributed by atoms with van der Waals surface area (Å²) in [5, 5.41) is 42.3. The standard InChI is InChI=1S/C10H16OSi.C9H22OSi.C8H20O3Si.C7H10O2Si.C7H18O2Si.C6H11Cl2NSi.C6H13NO2Si.C5H11NO2Si.C4H9NO3Si.C4H9NO2Si.C4H13O7PSi.C4H12O2Si/c1-3-12(11,4-2)10-8-6-5-7-9-10;1-8(2,3)11(7,10)9(4,5)6;1-2-3-4-5-6-7-8-12(9,10)11;1-10(8,9)7-5-3-2-4-6-7;1-3-4-5-6-7-10(2,8)9;1-10(7,8)6-4-2-3-5-9;1-10(8,9)6-4-2-3-5-7;1-9(7,8)5-3-2-4-6;5-3-1-2-4-9(6,7)8;1-8(6,7)4-2-3-5;1-10-12(5,6)11-3-2-4-13(7,8)9;1-3-7(5,6)4-2/h5-9,11H,3-4H2,1-2H3;10H,1-7H3;9-11H,2-8H2,1H3;2-6,8-9H,1H3;8-9H,3-7H2,1-2H3;2-4,6H2,1H3;8-9H,2-4,6H2,1H3;7-8H,2-3,5H2,1H3;6-8H,1-2,4H2;6-7H,2,4H2,1H3;7-9H,2-4H2,1H3,(H,5,6);5-6H,3-4H2,1-2H3/p-1. The van der Waals surface area contributed by atoms with Gasteiger partial charge in [-0.15, -0.1) is 22.2 Å². The van der Waals surface area contributed by atoms with E-state index in [4.69, 9.17) is 140 Å². The molecule has 2 aromatic rings. The summed E-state index contributed by atoms with van der Waals surface area (Å²) in [6.07, 6.45) is 17.6. The zero-order valence-corrected chi connectivity index (χ0v) is 90.8. The highest BCUT2D eigenvalue weighted by Gasteiger charge is 2.48. The molecule has 121 heavy (non-hydrogen) atoms. The number of rotatable bonds is 40. The van der Waals surface area contributed by atoms with Crippen molar-refractivity contribution in [3.63, 3.8) is 0 Å². The van der Waals surface area contributed by atoms with Crippen LogP contribution in [0.2, 0.25) is 128 Å². The maximum absolute atomic E-state index is 10.5. The Labute approximate surface area is 748 Å². The zero-order chi connectivity index (χ0) is 97.4. The SMILES string of the molecule is CC(C)(C)[Si](C)(O)C(C)(C)C.CCCCCCCC[Si](O)(O)O.CCCCCC[Si](C)(O)O.CC[Si](O)(CC)c1ccccc1.CC[Si](O)(O)CC.COP(=O)([O-])OCCC[Si](O)(O)O.C[Si](Cl)(Cl)CCCCC#N.C[Si](O)(O)CCC#N.C[Si](O)(O)CCCC#N.C[Si](O)(O)CCCCC#N.C[Si](O)(O)c1ccccc1.N#CCCC[Si](O)(O)O. The smallest absolute Gasteiger partial charge is 0.492 e. The normalized spacial score (nSPS) is 12.3. The first-order chi connectivity index (χ1) is 54.6. The van der Waals surface area contributed by atoms with Crippen LogP contribution in [0.15, 0.2) is 60.7 Å². The van der Waals surface area contributed by atoms with Crippen LogP contribution in [-0.4, -0.2) is 225 Å². The van der Waals surface area contributed by atoms with Crippen LogP contribution in [0.1, 0.15) is 224 Å². The first kappa shape index (κ1) is 140. The Morgan fingerprint density at radius 2 is 0.636 bits per heavy atom. The predicted octanol–water partition coefficient (Wildman–Crippen LogP) is 10.2. The summed E-state index contributed by atoms with van der Waals surface area (Å²) in [5.41, 5.74) is 0. The molecule has 0 spiro atoms. The number of hydrogen-bond acceptors (Lipinski definition) is 32. The minimum absolute atomic E-state index is 0.0330. The van der Waals surface area contributed by atoms with E-state index in [-0.39, 0.29) is 60.1 Å². The molecule has 0 radical (unpaired) electrons. The monoisotopic (exact) mass is 1990 g/mol. The molecule has 0 fully saturated rings. The molecule has 0 aliphatic heterocycles. The van der Waals surface area contributed by atoms with Crippen LogP contribution in [0.25, 0.3) is 0 Å². The average molecular weight is 1990 g/mol. The van der Waals surface area contributed by atoms with E-state index < -0.39 is 109 Å². The number of benzene rings is 2. The topological polar surface area (TPSA) is 643 Å². The molecule has 2 rings (SSSR count). The first-order valence-corrected chi connectivity index (χ1v) is 73.4. The molecule has 0 aromatic heterocycles. The molecule has 0 aliphatic carbocycles. The molecule has 23 N–H and O–H groups in total. The van der Waals surface area contributed by atoms with Gasteiger partial charge in [0.2, 0.25) is 15.0 Å². The zero-order valence-electron chi connectivity index (χ0n) is 76.4. The second-order valence-corrected chi connectivity index (χ2v) is 75.1. The third-order valence-electron chi connectivity index (χ3n) is 17.1. The Bertz CT molecular complexity index is 2910. The molecule has 0 saturated carbocycles. The van der Waals surface area contributed by atoms with Crippen molar-refractivity contribution in [3.05, 3.63) is 60.7 Å². The van der Waals surface area contributed by atoms with Crippen molar-refractivity contribution in [1.29, 1.82) is 26.3 Å². The Morgan fingerprint density at radius 3 is 0.893 bits per heavy atom. The van der Waals surface area contributed by atoms with Gasteiger partial charge in [0.15, 0.2) is 8.32 Å². The minimum Gasteiger partial charge on any atom is -0.756 e. The largest absolute Gasteiger partial charge is 0.756 e. The maximum atomic E-state index is 10.5. The lowest BCUT2D eigenvalue weighted by atomic mass is 10.1. The van der Waals surface area contributed by atoms with Gasteiger partial charge in [0.25, 0.3) is 7.82 Å². The molecule has 714 valence electrons. The van der Waals surface area contributed by atoms with Gasteiger partial charge in [-0.2, -0.15) is 26.3 Å². The lowest BCUT2D eigenvalue weighted by molar-refractivity contribution is -0.223. The van der Waals surface area contributed by atoms with E-state index in [1.165, 1.54) is 58.3 Å². The molecule has 0 saturated heterocycles. The fraction of sp³-hybridized carbons (Fsp3) is 0.770. The van der Waals surface area contributed by atoms with E-state index in [1.807, 2.05) is 73.8 Å². The van der Waals surface area contributed by atoms with Gasteiger partial charge in [-0.3, -0.25) is 4.57 Å². The van der Waals surface area contributed by atoms with E-state index in [9.17, 15) is 28.6 Å². The fourth-order valence-corrected chi connectivity index (χ4v) is 21.7. The van der Waals surface area contributed by atoms with Gasteiger partial charge in [0, 0.05) is 63.4 Å². The van der Waals surface area contributed by atoms with Crippen molar-refractivity contribution in [2.75, 3.05) is 13.7 Å². The third kappa shape index (κ3) is 120. The van der Waals surface area contributed by atoms with Crippen LogP contribution in [0.4, 0.5) is 0 Å². The molecule has 0 heterocycles. The molecular formula is C74H163Cl2N5O27PSi12-. The first-order valence-electron chi connectivity index (χ1n) is 41.1. The molecule has 0 amide bonds. The second kappa shape index (κ2) is 76.0. The van der Waals surface area contributed by atoms with Gasteiger partial charge < -0.3 is 124 Å². The van der Waals surface area contributed by atoms with Crippen molar-refractivity contribution in [2.24, 2.45) is 0 Å². The van der Waals surface area contributed by atoms with Crippen molar-refractivity contribution in [2.45, 2.75) is 353 Å². The van der Waals surface area contributed by atoms with Crippen molar-refractivity contribution >= 4 is 141 Å². The van der Waals surface area contributed by atoms with E-state index >= 15 is 0 Å². The highest BCUT2D eigenvalue weighted by molar-refractivity contribution is 7.45. The summed E-state index contributed by atoms with van der Waals surface area (Å²) in [7, 11) is -36.1. The summed E-state index contributed by atoms with van der Waals surface area (Å²) >= 11 is 11.7. The number of nitriles is 5. The van der Waals surface area contributed by atoms with Gasteiger partial charge >= 0.3 is 77.8 Å². The quantitative estimate of drug-likeness (QED) is 0.0128. The van der Waals surface area contributed by atoms with Crippen LogP contribution in [0.5, 0.6) is 0 Å². The number of phosphoric ester groups is 1. The van der Waals surface area contributed by atoms with Crippen LogP contribution >= 0.6 is 30.0 Å². The van der Waals surface area contributed by atoms with Crippen molar-refractivity contribution < 1.29 is 129 Å². The Balaban J connectivity index is -0.000000139. The Kier molecular flexibility index (Phi) is 87.8. The van der Waals surface area contributed by atoms with Crippen LogP contribution < -0.4 is 15.3 Å². The summed E-state index contributed by atoms with van der Waals surface area (Å²) < 4.78 is 18.7. The van der Waals surface area contributed by atoms with Gasteiger partial charge in [0.05, 0.1) is 37.0 Å². The summed E-state index contributed by atoms with van der Waals surface area (Å²) in [4.78, 5) is 215. The summed E-state index contributed by atoms with van der Waals surface area (Å²) in [5.74, 6) is 0. The van der Waals surface area contributed by atoms with Crippen LogP contribution in [-0.2, 0) is 13.6 Å². The number of nitrogens with zero attached hydrogens (tertiary/aromatic N) is 5. The van der Waals surface area contributed by atoms with Gasteiger partial charge in [-0.25, -0.2) is 0 Å². The fourth-order valence-electron chi connectivity index (χ4n) is 8.61.